The summed E-state index contributed by atoms with van der Waals surface area (Å²) in [5.41, 5.74) is -0.579. The van der Waals surface area contributed by atoms with Gasteiger partial charge in [0.25, 0.3) is 5.56 Å². The molecule has 10 nitrogen and oxygen atoms in total. The molecular weight excluding hydrogens is 462 g/mol. The predicted molar refractivity (Wildman–Crippen MR) is 142 cm³/mol. The molecule has 36 heavy (non-hydrogen) atoms. The number of likely N-dealkylation sites (N-methyl/N-ethyl adjacent to an activating group) is 1. The Bertz CT molecular complexity index is 1610. The van der Waals surface area contributed by atoms with Crippen molar-refractivity contribution in [3.05, 3.63) is 67.5 Å². The summed E-state index contributed by atoms with van der Waals surface area (Å²) >= 11 is 0. The molecule has 0 bridgehead atoms. The molecule has 0 aliphatic heterocycles. The highest BCUT2D eigenvalue weighted by Gasteiger charge is 2.21. The molecule has 2 aromatic carbocycles. The van der Waals surface area contributed by atoms with Crippen molar-refractivity contribution in [2.75, 3.05) is 39.0 Å². The van der Waals surface area contributed by atoms with E-state index in [1.165, 1.54) is 8.97 Å². The molecular formula is C26H31N5O5. The van der Waals surface area contributed by atoms with E-state index in [1.807, 2.05) is 19.0 Å². The summed E-state index contributed by atoms with van der Waals surface area (Å²) in [4.78, 5) is 54.3. The molecule has 0 spiro atoms. The third kappa shape index (κ3) is 4.76. The highest BCUT2D eigenvalue weighted by molar-refractivity contribution is 6.07. The lowest BCUT2D eigenvalue weighted by Crippen LogP contribution is -2.40. The van der Waals surface area contributed by atoms with Crippen molar-refractivity contribution in [1.82, 2.24) is 19.2 Å². The van der Waals surface area contributed by atoms with E-state index in [1.54, 1.807) is 57.2 Å². The first-order chi connectivity index (χ1) is 17.0. The van der Waals surface area contributed by atoms with E-state index in [0.717, 1.165) is 0 Å². The summed E-state index contributed by atoms with van der Waals surface area (Å²) < 4.78 is 7.92. The zero-order chi connectivity index (χ0) is 26.2. The Hall–Kier alpha value is -3.92. The molecule has 0 unspecified atom stereocenters. The van der Waals surface area contributed by atoms with E-state index in [0.29, 0.717) is 40.6 Å². The molecule has 4 aromatic rings. The lowest BCUT2D eigenvalue weighted by molar-refractivity contribution is 0.0530. The zero-order valence-electron chi connectivity index (χ0n) is 21.2. The van der Waals surface area contributed by atoms with Crippen molar-refractivity contribution < 1.29 is 9.53 Å². The summed E-state index contributed by atoms with van der Waals surface area (Å²) in [6.07, 6.45) is -0.540. The molecule has 190 valence electrons. The number of pyridine rings is 1. The van der Waals surface area contributed by atoms with E-state index in [9.17, 15) is 19.2 Å². The van der Waals surface area contributed by atoms with Gasteiger partial charge in [0.2, 0.25) is 0 Å². The van der Waals surface area contributed by atoms with Crippen molar-refractivity contribution in [1.29, 1.82) is 0 Å². The van der Waals surface area contributed by atoms with Gasteiger partial charge < -0.3 is 20.3 Å². The van der Waals surface area contributed by atoms with Crippen molar-refractivity contribution in [2.24, 2.45) is 0 Å². The van der Waals surface area contributed by atoms with Gasteiger partial charge in [-0.05, 0) is 59.1 Å². The van der Waals surface area contributed by atoms with Crippen LogP contribution < -0.4 is 27.3 Å². The first-order valence-electron chi connectivity index (χ1n) is 11.8. The Morgan fingerprint density at radius 1 is 1.00 bits per heavy atom. The van der Waals surface area contributed by atoms with Crippen molar-refractivity contribution in [2.45, 2.75) is 32.9 Å². The van der Waals surface area contributed by atoms with Crippen LogP contribution >= 0.6 is 0 Å². The van der Waals surface area contributed by atoms with Crippen molar-refractivity contribution in [3.63, 3.8) is 0 Å². The van der Waals surface area contributed by atoms with Crippen LogP contribution in [0.1, 0.15) is 20.8 Å². The summed E-state index contributed by atoms with van der Waals surface area (Å²) in [5.74, 6) is 0. The maximum Gasteiger partial charge on any atom is 0.407 e. The largest absolute Gasteiger partial charge is 0.444 e. The molecule has 0 aliphatic rings. The molecule has 0 fully saturated rings. The number of carbonyl (C=O) groups is 1. The van der Waals surface area contributed by atoms with Crippen LogP contribution in [0.15, 0.2) is 50.8 Å². The highest BCUT2D eigenvalue weighted by atomic mass is 16.6. The van der Waals surface area contributed by atoms with Crippen molar-refractivity contribution >= 4 is 39.0 Å². The lowest BCUT2D eigenvalue weighted by Gasteiger charge is -2.20. The number of para-hydroxylation sites is 1. The van der Waals surface area contributed by atoms with Crippen LogP contribution in [0.2, 0.25) is 0 Å². The first kappa shape index (κ1) is 25.2. The van der Waals surface area contributed by atoms with Gasteiger partial charge in [0, 0.05) is 37.3 Å². The van der Waals surface area contributed by atoms with Crippen LogP contribution in [0.3, 0.4) is 0 Å². The molecule has 2 heterocycles. The fraction of sp³-hybridized carbons (Fsp3) is 0.385. The Kier molecular flexibility index (Phi) is 6.73. The summed E-state index contributed by atoms with van der Waals surface area (Å²) in [6.45, 7) is 6.63. The number of fused-ring (bicyclic) bond motifs is 2. The van der Waals surface area contributed by atoms with Crippen LogP contribution in [0.5, 0.6) is 0 Å². The molecule has 0 radical (unpaired) electrons. The van der Waals surface area contributed by atoms with Gasteiger partial charge in [-0.25, -0.2) is 9.59 Å². The zero-order valence-corrected chi connectivity index (χ0v) is 21.2. The van der Waals surface area contributed by atoms with Gasteiger partial charge in [0.1, 0.15) is 5.60 Å². The standard InChI is InChI=1S/C26H31N5O5/c1-26(2,3)36-24(34)28-13-12-27-18-11-10-17-21-20(18)22(32)16-8-6-7-9-19(16)31(21)25(35)30(23(17)33)15-14-29(4)5/h6-11,27H,12-15H2,1-5H3,(H,28,34). The fourth-order valence-electron chi connectivity index (χ4n) is 4.21. The molecule has 0 atom stereocenters. The number of anilines is 1. The molecule has 2 aromatic heterocycles. The number of nitrogens with zero attached hydrogens (tertiary/aromatic N) is 3. The topological polar surface area (TPSA) is 114 Å². The SMILES string of the molecule is CN(C)CCn1c(=O)c2ccc(NCCNC(=O)OC(C)(C)C)c3c(=O)c4ccccc4n(c1=O)c23. The molecule has 0 saturated carbocycles. The Morgan fingerprint density at radius 2 is 1.72 bits per heavy atom. The minimum atomic E-state index is -0.608. The molecule has 0 aliphatic carbocycles. The van der Waals surface area contributed by atoms with Gasteiger partial charge in [0.05, 0.1) is 21.8 Å². The molecule has 2 N–H and O–H groups in total. The number of hydrogen-bond donors (Lipinski definition) is 2. The van der Waals surface area contributed by atoms with E-state index < -0.39 is 22.9 Å². The normalized spacial score (nSPS) is 12.1. The lowest BCUT2D eigenvalue weighted by atomic mass is 10.1. The van der Waals surface area contributed by atoms with Crippen LogP contribution in [-0.2, 0) is 11.3 Å². The first-order valence-corrected chi connectivity index (χ1v) is 11.8. The number of aromatic nitrogens is 2. The summed E-state index contributed by atoms with van der Waals surface area (Å²) in [5, 5.41) is 6.77. The maximum absolute atomic E-state index is 13.6. The monoisotopic (exact) mass is 493 g/mol. The van der Waals surface area contributed by atoms with Crippen LogP contribution in [0.4, 0.5) is 10.5 Å². The van der Waals surface area contributed by atoms with E-state index >= 15 is 0 Å². The third-order valence-corrected chi connectivity index (χ3v) is 5.80. The number of benzene rings is 2. The Morgan fingerprint density at radius 3 is 2.42 bits per heavy atom. The van der Waals surface area contributed by atoms with Crippen molar-refractivity contribution in [3.8, 4) is 0 Å². The second kappa shape index (κ2) is 9.62. The second-order valence-electron chi connectivity index (χ2n) is 9.96. The molecule has 1 amide bonds. The Labute approximate surface area is 207 Å². The van der Waals surface area contributed by atoms with Gasteiger partial charge >= 0.3 is 11.8 Å². The number of carbonyl (C=O) groups excluding carboxylic acids is 1. The minimum absolute atomic E-state index is 0.225. The summed E-state index contributed by atoms with van der Waals surface area (Å²) in [6, 6.07) is 10.2. The van der Waals surface area contributed by atoms with Gasteiger partial charge in [-0.15, -0.1) is 0 Å². The maximum atomic E-state index is 13.6. The number of alkyl carbamates (subject to hydrolysis) is 1. The molecule has 10 heteroatoms. The fourth-order valence-corrected chi connectivity index (χ4v) is 4.21. The smallest absolute Gasteiger partial charge is 0.407 e. The van der Waals surface area contributed by atoms with Gasteiger partial charge in [-0.3, -0.25) is 18.6 Å². The van der Waals surface area contributed by atoms with Gasteiger partial charge in [0.15, 0.2) is 5.43 Å². The summed E-state index contributed by atoms with van der Waals surface area (Å²) in [7, 11) is 3.74. The van der Waals surface area contributed by atoms with Crippen LogP contribution in [0, 0.1) is 0 Å². The average molecular weight is 494 g/mol. The second-order valence-corrected chi connectivity index (χ2v) is 9.96. The highest BCUT2D eigenvalue weighted by Crippen LogP contribution is 2.26. The van der Waals surface area contributed by atoms with E-state index in [-0.39, 0.29) is 23.9 Å². The number of ether oxygens (including phenoxy) is 1. The third-order valence-electron chi connectivity index (χ3n) is 5.80. The van der Waals surface area contributed by atoms with E-state index in [2.05, 4.69) is 10.6 Å². The average Bonchev–Trinajstić information content (AvgIpc) is 2.80. The number of nitrogens with one attached hydrogen (secondary N) is 2. The van der Waals surface area contributed by atoms with Gasteiger partial charge in [-0.2, -0.15) is 0 Å². The quantitative estimate of drug-likeness (QED) is 0.230. The van der Waals surface area contributed by atoms with Gasteiger partial charge in [-0.1, -0.05) is 12.1 Å². The minimum Gasteiger partial charge on any atom is -0.444 e. The molecule has 0 saturated heterocycles. The number of hydrogen-bond acceptors (Lipinski definition) is 7. The van der Waals surface area contributed by atoms with Crippen LogP contribution in [0.25, 0.3) is 27.2 Å². The Balaban J connectivity index is 1.82. The van der Waals surface area contributed by atoms with Crippen LogP contribution in [-0.4, -0.2) is 59.3 Å². The molecule has 4 rings (SSSR count). The number of amides is 1. The number of rotatable bonds is 7. The predicted octanol–water partition coefficient (Wildman–Crippen LogP) is 2.06. The van der Waals surface area contributed by atoms with E-state index in [4.69, 9.17) is 4.74 Å².